The largest absolute Gasteiger partial charge is 0.456 e. The molecule has 3 fully saturated rings. The number of ether oxygens (including phenoxy) is 7. The van der Waals surface area contributed by atoms with E-state index in [0.29, 0.717) is 5.56 Å². The molecule has 2 bridgehead atoms. The molecule has 17 nitrogen and oxygen atoms in total. The van der Waals surface area contributed by atoms with Crippen molar-refractivity contribution in [2.75, 3.05) is 13.7 Å². The second-order valence-corrected chi connectivity index (χ2v) is 19.4. The molecule has 3 aliphatic carbocycles. The Morgan fingerprint density at radius 1 is 0.896 bits per heavy atom. The number of Topliss-reactive ketones (excluding diaryl/α,β-unsaturated/α-hetero) is 1. The van der Waals surface area contributed by atoms with Crippen molar-refractivity contribution < 1.29 is 72.1 Å². The van der Waals surface area contributed by atoms with E-state index in [4.69, 9.17) is 33.2 Å². The van der Waals surface area contributed by atoms with Crippen LogP contribution in [0, 0.1) is 16.7 Å². The smallest absolute Gasteiger partial charge is 0.408 e. The first-order chi connectivity index (χ1) is 31.5. The van der Waals surface area contributed by atoms with Crippen LogP contribution in [0.25, 0.3) is 0 Å². The molecule has 358 valence electrons. The fourth-order valence-corrected chi connectivity index (χ4v) is 10.6. The summed E-state index contributed by atoms with van der Waals surface area (Å²) in [5, 5.41) is 28.4. The van der Waals surface area contributed by atoms with E-state index in [2.05, 4.69) is 10.3 Å². The summed E-state index contributed by atoms with van der Waals surface area (Å²) in [6.45, 7) is 12.1. The van der Waals surface area contributed by atoms with Gasteiger partial charge in [0.15, 0.2) is 23.6 Å². The Balaban J connectivity index is 1.44. The molecule has 2 heterocycles. The van der Waals surface area contributed by atoms with Crippen LogP contribution in [-0.2, 0) is 47.5 Å². The third-order valence-electron chi connectivity index (χ3n) is 13.9. The predicted octanol–water partition coefficient (Wildman–Crippen LogP) is 5.17. The van der Waals surface area contributed by atoms with Crippen LogP contribution in [0.3, 0.4) is 0 Å². The summed E-state index contributed by atoms with van der Waals surface area (Å²) < 4.78 is 42.8. The molecular weight excluding hydrogens is 869 g/mol. The van der Waals surface area contributed by atoms with E-state index in [1.54, 1.807) is 97.0 Å². The molecule has 3 N–H and O–H groups in total. The number of alkyl carbamates (subject to hydrolysis) is 1. The van der Waals surface area contributed by atoms with Gasteiger partial charge in [-0.1, -0.05) is 62.4 Å². The van der Waals surface area contributed by atoms with Gasteiger partial charge in [-0.05, 0) is 75.6 Å². The van der Waals surface area contributed by atoms with Crippen LogP contribution >= 0.6 is 0 Å². The number of aliphatic hydroxyl groups excluding tert-OH is 1. The zero-order chi connectivity index (χ0) is 48.9. The number of amides is 1. The number of esters is 4. The third kappa shape index (κ3) is 8.73. The maximum absolute atomic E-state index is 16.1. The van der Waals surface area contributed by atoms with E-state index in [1.807, 2.05) is 0 Å². The van der Waals surface area contributed by atoms with Crippen molar-refractivity contribution in [2.45, 2.75) is 128 Å². The number of aliphatic hydroxyl groups is 2. The molecule has 2 aromatic carbocycles. The number of carbonyl (C=O) groups is 6. The molecule has 4 aliphatic rings. The monoisotopic (exact) mass is 926 g/mol. The number of carbonyl (C=O) groups excluding carboxylic acids is 6. The van der Waals surface area contributed by atoms with Gasteiger partial charge in [0.1, 0.15) is 29.5 Å². The molecule has 1 aliphatic heterocycles. The van der Waals surface area contributed by atoms with E-state index < -0.39 is 118 Å². The van der Waals surface area contributed by atoms with Crippen molar-refractivity contribution in [1.82, 2.24) is 10.3 Å². The molecule has 1 amide bonds. The highest BCUT2D eigenvalue weighted by molar-refractivity contribution is 5.98. The van der Waals surface area contributed by atoms with Gasteiger partial charge < -0.3 is 48.7 Å². The number of methoxy groups -OCH3 is 1. The summed E-state index contributed by atoms with van der Waals surface area (Å²) in [4.78, 5) is 89.7. The Labute approximate surface area is 388 Å². The van der Waals surface area contributed by atoms with Crippen molar-refractivity contribution in [3.05, 3.63) is 113 Å². The number of fused-ring (bicyclic) bond motifs is 5. The predicted molar refractivity (Wildman–Crippen MR) is 236 cm³/mol. The summed E-state index contributed by atoms with van der Waals surface area (Å²) >= 11 is 0. The van der Waals surface area contributed by atoms with Gasteiger partial charge in [0.2, 0.25) is 0 Å². The first kappa shape index (κ1) is 48.9. The number of benzene rings is 2. The van der Waals surface area contributed by atoms with Crippen LogP contribution in [0.1, 0.15) is 101 Å². The SMILES string of the molecule is CO[C@H]1C[C@H]2OC[C@@]2(OC(C)=O)[C@H]2[C@H](OC(=O)c3ccccc3)[C@]3(O)C[C@H](OC(=O)[C@H](O)[C@@H](NC(=O)OC(C)(C)C)c4ccccc4)C(C)=C([C@@H](OC(=O)c4cccnc4)C(=O)[C@]12C)C3(C)C. The van der Waals surface area contributed by atoms with Gasteiger partial charge in [-0.3, -0.25) is 14.6 Å². The van der Waals surface area contributed by atoms with Crippen molar-refractivity contribution in [3.63, 3.8) is 0 Å². The first-order valence-electron chi connectivity index (χ1n) is 22.1. The Morgan fingerprint density at radius 2 is 1.52 bits per heavy atom. The van der Waals surface area contributed by atoms with Crippen LogP contribution in [0.15, 0.2) is 96.3 Å². The lowest BCUT2D eigenvalue weighted by molar-refractivity contribution is -0.347. The minimum atomic E-state index is -2.40. The highest BCUT2D eigenvalue weighted by Crippen LogP contribution is 2.65. The van der Waals surface area contributed by atoms with Gasteiger partial charge >= 0.3 is 30.0 Å². The molecule has 67 heavy (non-hydrogen) atoms. The highest BCUT2D eigenvalue weighted by Gasteiger charge is 2.78. The molecule has 0 radical (unpaired) electrons. The van der Waals surface area contributed by atoms with Crippen LogP contribution in [0.4, 0.5) is 4.79 Å². The molecule has 1 saturated heterocycles. The Morgan fingerprint density at radius 3 is 2.09 bits per heavy atom. The number of aromatic nitrogens is 1. The summed E-state index contributed by atoms with van der Waals surface area (Å²) in [6, 6.07) is 17.6. The van der Waals surface area contributed by atoms with Gasteiger partial charge in [-0.15, -0.1) is 0 Å². The lowest BCUT2D eigenvalue weighted by Crippen LogP contribution is -2.82. The van der Waals surface area contributed by atoms with Gasteiger partial charge in [0.05, 0.1) is 41.2 Å². The molecule has 7 rings (SSSR count). The molecule has 2 saturated carbocycles. The van der Waals surface area contributed by atoms with Crippen molar-refractivity contribution in [2.24, 2.45) is 16.7 Å². The minimum Gasteiger partial charge on any atom is -0.456 e. The molecule has 11 atom stereocenters. The highest BCUT2D eigenvalue weighted by atomic mass is 16.6. The first-order valence-corrected chi connectivity index (χ1v) is 22.1. The summed E-state index contributed by atoms with van der Waals surface area (Å²) in [7, 11) is 1.38. The number of nitrogens with zero attached hydrogens (tertiary/aromatic N) is 1. The number of ketones is 1. The summed E-state index contributed by atoms with van der Waals surface area (Å²) in [5.41, 5.74) is -8.10. The van der Waals surface area contributed by atoms with E-state index in [1.165, 1.54) is 50.7 Å². The zero-order valence-corrected chi connectivity index (χ0v) is 39.0. The van der Waals surface area contributed by atoms with Crippen molar-refractivity contribution in [3.8, 4) is 0 Å². The van der Waals surface area contributed by atoms with E-state index >= 15 is 4.79 Å². The van der Waals surface area contributed by atoms with Crippen LogP contribution < -0.4 is 5.32 Å². The van der Waals surface area contributed by atoms with Gasteiger partial charge in [0.25, 0.3) is 0 Å². The average Bonchev–Trinajstić information content (AvgIpc) is 3.27. The fraction of sp³-hybridized carbons (Fsp3) is 0.500. The second kappa shape index (κ2) is 18.2. The van der Waals surface area contributed by atoms with Crippen molar-refractivity contribution >= 4 is 35.8 Å². The second-order valence-electron chi connectivity index (χ2n) is 19.4. The summed E-state index contributed by atoms with van der Waals surface area (Å²) in [6.07, 6.45) is -8.02. The van der Waals surface area contributed by atoms with Crippen LogP contribution in [-0.4, -0.2) is 118 Å². The quantitative estimate of drug-likeness (QED) is 0.128. The van der Waals surface area contributed by atoms with E-state index in [0.717, 1.165) is 0 Å². The normalized spacial score (nSPS) is 30.6. The van der Waals surface area contributed by atoms with E-state index in [-0.39, 0.29) is 35.3 Å². The lowest BCUT2D eigenvalue weighted by atomic mass is 9.44. The van der Waals surface area contributed by atoms with Gasteiger partial charge in [-0.25, -0.2) is 19.2 Å². The van der Waals surface area contributed by atoms with Crippen LogP contribution in [0.5, 0.6) is 0 Å². The van der Waals surface area contributed by atoms with Crippen molar-refractivity contribution in [1.29, 1.82) is 0 Å². The summed E-state index contributed by atoms with van der Waals surface area (Å²) in [5.74, 6) is -6.12. The molecule has 1 aromatic heterocycles. The molecule has 0 unspecified atom stereocenters. The minimum absolute atomic E-state index is 0.00301. The van der Waals surface area contributed by atoms with Gasteiger partial charge in [0, 0.05) is 44.7 Å². The Hall–Kier alpha value is -6.01. The Kier molecular flexibility index (Phi) is 13.3. The topological polar surface area (TPSA) is 232 Å². The van der Waals surface area contributed by atoms with Crippen LogP contribution in [0.2, 0.25) is 0 Å². The maximum atomic E-state index is 16.1. The standard InChI is InChI=1S/C50H58N2O15/c1-27-32(63-44(58)37(54)36(29-17-12-10-13-18-29)52-45(59)67-46(3,4)5)24-50(60)41(65-42(56)30-19-14-11-15-20-30)39-48(8,33(61-9)23-34-49(39,26-62-34)66-28(2)53)40(55)38(35(27)47(50,6)7)64-43(57)31-21-16-22-51-25-31/h10-22,25,32-34,36-39,41,54,60H,23-24,26H2,1-9H3,(H,52,59)/t32-,33-,34+,36-,37+,38+,39-,41-,48+,49-,50+/m0/s1. The zero-order valence-electron chi connectivity index (χ0n) is 39.0. The number of rotatable bonds is 11. The van der Waals surface area contributed by atoms with E-state index in [9.17, 15) is 34.2 Å². The molecule has 3 aromatic rings. The maximum Gasteiger partial charge on any atom is 0.408 e. The number of nitrogens with one attached hydrogen (secondary N) is 1. The average molecular weight is 927 g/mol. The lowest BCUT2D eigenvalue weighted by Gasteiger charge is -2.67. The number of hydrogen-bond acceptors (Lipinski definition) is 16. The van der Waals surface area contributed by atoms with Gasteiger partial charge in [-0.2, -0.15) is 0 Å². The third-order valence-corrected chi connectivity index (χ3v) is 13.9. The molecule has 0 spiro atoms. The number of hydrogen-bond donors (Lipinski definition) is 3. The molecular formula is C50H58N2O15. The Bertz CT molecular complexity index is 2420. The number of pyridine rings is 1. The fourth-order valence-electron chi connectivity index (χ4n) is 10.6. The molecule has 17 heteroatoms.